The Labute approximate surface area is 161 Å². The highest BCUT2D eigenvalue weighted by molar-refractivity contribution is 14.1. The molecule has 6 nitrogen and oxygen atoms in total. The fourth-order valence-corrected chi connectivity index (χ4v) is 3.11. The molecule has 0 fully saturated rings. The van der Waals surface area contributed by atoms with Crippen molar-refractivity contribution in [2.24, 2.45) is 7.05 Å². The summed E-state index contributed by atoms with van der Waals surface area (Å²) in [7, 11) is 1.50. The first-order chi connectivity index (χ1) is 12.4. The number of hydrogen-bond donors (Lipinski definition) is 0. The lowest BCUT2D eigenvalue weighted by atomic mass is 10.1. The quantitative estimate of drug-likeness (QED) is 0.535. The SMILES string of the molecule is Cc1ccc(OCc2c(I)cccc2-n2nnn(C)c2=O)c(C(F)F)c1. The molecule has 3 rings (SSSR count). The molecule has 1 heterocycles. The maximum Gasteiger partial charge on any atom is 0.368 e. The van der Waals surface area contributed by atoms with E-state index in [2.05, 4.69) is 33.0 Å². The van der Waals surface area contributed by atoms with Gasteiger partial charge in [0, 0.05) is 16.2 Å². The predicted octanol–water partition coefficient (Wildman–Crippen LogP) is 3.40. The third-order valence-corrected chi connectivity index (χ3v) is 4.83. The van der Waals surface area contributed by atoms with Crippen LogP contribution in [0.25, 0.3) is 5.69 Å². The maximum atomic E-state index is 13.3. The standard InChI is InChI=1S/C17H15F2IN4O2/c1-10-6-7-15(11(8-10)16(18)19)26-9-12-13(20)4-3-5-14(12)24-17(25)23(2)21-22-24/h3-8,16H,9H2,1-2H3. The third-order valence-electron chi connectivity index (χ3n) is 3.82. The summed E-state index contributed by atoms with van der Waals surface area (Å²) in [6, 6.07) is 9.97. The summed E-state index contributed by atoms with van der Waals surface area (Å²) in [5.74, 6) is 0.114. The van der Waals surface area contributed by atoms with Gasteiger partial charge in [0.2, 0.25) is 0 Å². The number of ether oxygens (including phenoxy) is 1. The van der Waals surface area contributed by atoms with Gasteiger partial charge in [-0.05, 0) is 64.2 Å². The molecule has 0 saturated heterocycles. The van der Waals surface area contributed by atoms with Crippen molar-refractivity contribution in [3.05, 3.63) is 67.1 Å². The summed E-state index contributed by atoms with van der Waals surface area (Å²) in [6.45, 7) is 1.76. The van der Waals surface area contributed by atoms with Crippen LogP contribution in [0.4, 0.5) is 8.78 Å². The summed E-state index contributed by atoms with van der Waals surface area (Å²) < 4.78 is 35.3. The van der Waals surface area contributed by atoms with Crippen molar-refractivity contribution in [1.82, 2.24) is 19.8 Å². The minimum absolute atomic E-state index is 0.0141. The summed E-state index contributed by atoms with van der Waals surface area (Å²) in [5.41, 5.74) is 1.33. The molecule has 0 bridgehead atoms. The van der Waals surface area contributed by atoms with Crippen LogP contribution in [0.5, 0.6) is 5.75 Å². The van der Waals surface area contributed by atoms with Crippen LogP contribution < -0.4 is 10.4 Å². The summed E-state index contributed by atoms with van der Waals surface area (Å²) >= 11 is 2.10. The zero-order chi connectivity index (χ0) is 18.8. The van der Waals surface area contributed by atoms with E-state index < -0.39 is 12.1 Å². The Balaban J connectivity index is 1.97. The lowest BCUT2D eigenvalue weighted by Crippen LogP contribution is -2.23. The molecular formula is C17H15F2IN4O2. The molecule has 3 aromatic rings. The number of rotatable bonds is 5. The first-order valence-corrected chi connectivity index (χ1v) is 8.74. The molecule has 136 valence electrons. The van der Waals surface area contributed by atoms with Crippen molar-refractivity contribution in [2.75, 3.05) is 0 Å². The van der Waals surface area contributed by atoms with Crippen LogP contribution in [0, 0.1) is 10.5 Å². The second-order valence-electron chi connectivity index (χ2n) is 5.67. The Hall–Kier alpha value is -2.30. The Kier molecular flexibility index (Phi) is 5.35. The highest BCUT2D eigenvalue weighted by Crippen LogP contribution is 2.31. The van der Waals surface area contributed by atoms with Gasteiger partial charge in [0.25, 0.3) is 6.43 Å². The first-order valence-electron chi connectivity index (χ1n) is 7.66. The number of hydrogen-bond acceptors (Lipinski definition) is 4. The van der Waals surface area contributed by atoms with Crippen LogP contribution in [-0.2, 0) is 13.7 Å². The van der Waals surface area contributed by atoms with Crippen LogP contribution >= 0.6 is 22.6 Å². The van der Waals surface area contributed by atoms with E-state index in [4.69, 9.17) is 4.74 Å². The Morgan fingerprint density at radius 2 is 2.00 bits per heavy atom. The molecule has 26 heavy (non-hydrogen) atoms. The largest absolute Gasteiger partial charge is 0.488 e. The molecule has 2 aromatic carbocycles. The highest BCUT2D eigenvalue weighted by Gasteiger charge is 2.17. The maximum absolute atomic E-state index is 13.3. The molecule has 0 aliphatic heterocycles. The number of aryl methyl sites for hydroxylation is 2. The van der Waals surface area contributed by atoms with Gasteiger partial charge in [-0.25, -0.2) is 13.6 Å². The molecule has 0 aliphatic rings. The van der Waals surface area contributed by atoms with Crippen molar-refractivity contribution in [1.29, 1.82) is 0 Å². The molecule has 0 unspecified atom stereocenters. The average Bonchev–Trinajstić information content (AvgIpc) is 2.93. The number of aromatic nitrogens is 4. The lowest BCUT2D eigenvalue weighted by molar-refractivity contribution is 0.144. The van der Waals surface area contributed by atoms with Crippen molar-refractivity contribution >= 4 is 22.6 Å². The van der Waals surface area contributed by atoms with E-state index >= 15 is 0 Å². The van der Waals surface area contributed by atoms with E-state index in [1.807, 2.05) is 6.07 Å². The normalized spacial score (nSPS) is 11.2. The average molecular weight is 472 g/mol. The van der Waals surface area contributed by atoms with Crippen molar-refractivity contribution in [2.45, 2.75) is 20.0 Å². The fraction of sp³-hybridized carbons (Fsp3) is 0.235. The van der Waals surface area contributed by atoms with Gasteiger partial charge in [0.1, 0.15) is 12.4 Å². The molecule has 0 N–H and O–H groups in total. The molecular weight excluding hydrogens is 457 g/mol. The second kappa shape index (κ2) is 7.52. The lowest BCUT2D eigenvalue weighted by Gasteiger charge is -2.15. The molecule has 0 radical (unpaired) electrons. The number of alkyl halides is 2. The van der Waals surface area contributed by atoms with E-state index in [0.717, 1.165) is 18.5 Å². The van der Waals surface area contributed by atoms with Crippen molar-refractivity contribution < 1.29 is 13.5 Å². The van der Waals surface area contributed by atoms with Crippen LogP contribution in [0.2, 0.25) is 0 Å². The molecule has 9 heteroatoms. The van der Waals surface area contributed by atoms with Gasteiger partial charge >= 0.3 is 5.69 Å². The number of tetrazole rings is 1. The first kappa shape index (κ1) is 18.5. The Morgan fingerprint density at radius 1 is 1.23 bits per heavy atom. The van der Waals surface area contributed by atoms with Crippen LogP contribution in [-0.4, -0.2) is 19.8 Å². The molecule has 0 aliphatic carbocycles. The van der Waals surface area contributed by atoms with Crippen LogP contribution in [0.15, 0.2) is 41.2 Å². The zero-order valence-electron chi connectivity index (χ0n) is 14.0. The number of nitrogens with zero attached hydrogens (tertiary/aromatic N) is 4. The van der Waals surface area contributed by atoms with Crippen molar-refractivity contribution in [3.63, 3.8) is 0 Å². The predicted molar refractivity (Wildman–Crippen MR) is 99.8 cm³/mol. The topological polar surface area (TPSA) is 61.9 Å². The molecule has 0 saturated carbocycles. The van der Waals surface area contributed by atoms with Gasteiger partial charge in [0.15, 0.2) is 0 Å². The molecule has 1 aromatic heterocycles. The summed E-state index contributed by atoms with van der Waals surface area (Å²) in [6.07, 6.45) is -2.64. The Bertz CT molecular complexity index is 1000. The van der Waals surface area contributed by atoms with Gasteiger partial charge < -0.3 is 4.74 Å². The van der Waals surface area contributed by atoms with Gasteiger partial charge in [-0.15, -0.1) is 0 Å². The zero-order valence-corrected chi connectivity index (χ0v) is 16.1. The number of halogens is 3. The van der Waals surface area contributed by atoms with E-state index in [0.29, 0.717) is 11.3 Å². The second-order valence-corrected chi connectivity index (χ2v) is 6.83. The van der Waals surface area contributed by atoms with Crippen molar-refractivity contribution in [3.8, 4) is 11.4 Å². The molecule has 0 atom stereocenters. The minimum Gasteiger partial charge on any atom is -0.488 e. The Morgan fingerprint density at radius 3 is 2.65 bits per heavy atom. The van der Waals surface area contributed by atoms with E-state index in [9.17, 15) is 13.6 Å². The fourth-order valence-electron chi connectivity index (χ4n) is 2.47. The minimum atomic E-state index is -2.64. The van der Waals surface area contributed by atoms with Crippen LogP contribution in [0.3, 0.4) is 0 Å². The summed E-state index contributed by atoms with van der Waals surface area (Å²) in [5, 5.41) is 7.54. The van der Waals surface area contributed by atoms with Gasteiger partial charge in [-0.3, -0.25) is 0 Å². The van der Waals surface area contributed by atoms with E-state index in [1.165, 1.54) is 19.2 Å². The summed E-state index contributed by atoms with van der Waals surface area (Å²) in [4.78, 5) is 12.1. The van der Waals surface area contributed by atoms with E-state index in [-0.39, 0.29) is 17.9 Å². The number of benzene rings is 2. The van der Waals surface area contributed by atoms with E-state index in [1.54, 1.807) is 25.1 Å². The van der Waals surface area contributed by atoms with Gasteiger partial charge in [-0.1, -0.05) is 17.7 Å². The van der Waals surface area contributed by atoms with Gasteiger partial charge in [0.05, 0.1) is 11.3 Å². The monoisotopic (exact) mass is 472 g/mol. The molecule has 0 amide bonds. The van der Waals surface area contributed by atoms with Gasteiger partial charge in [-0.2, -0.15) is 9.36 Å². The smallest absolute Gasteiger partial charge is 0.368 e. The highest BCUT2D eigenvalue weighted by atomic mass is 127. The van der Waals surface area contributed by atoms with Crippen LogP contribution in [0.1, 0.15) is 23.1 Å². The third kappa shape index (κ3) is 3.62. The molecule has 0 spiro atoms.